The summed E-state index contributed by atoms with van der Waals surface area (Å²) < 4.78 is 0. The van der Waals surface area contributed by atoms with Crippen molar-refractivity contribution in [2.75, 3.05) is 45.8 Å². The number of Topliss-reactive ketones (excluding diaryl/α,β-unsaturated/α-hetero) is 1. The van der Waals surface area contributed by atoms with Crippen molar-refractivity contribution in [2.24, 2.45) is 17.8 Å². The molecule has 5 nitrogen and oxygen atoms in total. The molecule has 0 aromatic rings. The summed E-state index contributed by atoms with van der Waals surface area (Å²) in [7, 11) is 0. The number of piperidine rings is 1. The molecule has 0 spiro atoms. The maximum absolute atomic E-state index is 12.8. The number of piperazine rings is 1. The van der Waals surface area contributed by atoms with Crippen LogP contribution in [0.4, 0.5) is 0 Å². The molecule has 6 heteroatoms. The number of nitrogens with zero attached hydrogens (tertiary/aromatic N) is 3. The zero-order valence-electron chi connectivity index (χ0n) is 20.4. The van der Waals surface area contributed by atoms with Gasteiger partial charge in [0.25, 0.3) is 0 Å². The zero-order valence-corrected chi connectivity index (χ0v) is 23.2. The molecule has 2 atom stereocenters. The number of ketones is 1. The van der Waals surface area contributed by atoms with Crippen molar-refractivity contribution in [3.63, 3.8) is 0 Å². The van der Waals surface area contributed by atoms with Crippen LogP contribution in [0.25, 0.3) is 5.32 Å². The smallest absolute Gasteiger partial charge is 0.225 e. The van der Waals surface area contributed by atoms with Gasteiger partial charge in [0, 0.05) is 57.6 Å². The standard InChI is InChI=1S/C20H34N3O2.2C2H6.Y/c1-16(24)18-3-2-4-19(15-18)20(25)23-11-6-17(7-12-23)5-10-22-13-8-21-9-14-22;2*1-2;/h17-19H,2-15H2,1H3;2*1-2H3;/q-1;;;. The predicted octanol–water partition coefficient (Wildman–Crippen LogP) is 4.75. The summed E-state index contributed by atoms with van der Waals surface area (Å²) in [5, 5.41) is 4.41. The van der Waals surface area contributed by atoms with Gasteiger partial charge in [0.1, 0.15) is 5.78 Å². The van der Waals surface area contributed by atoms with Gasteiger partial charge in [0.2, 0.25) is 5.91 Å². The number of carbonyl (C=O) groups excluding carboxylic acids is 2. The van der Waals surface area contributed by atoms with Crippen LogP contribution in [0.1, 0.15) is 79.6 Å². The molecule has 3 fully saturated rings. The number of carbonyl (C=O) groups is 2. The second-order valence-electron chi connectivity index (χ2n) is 8.24. The molecule has 1 radical (unpaired) electrons. The number of hydrogen-bond acceptors (Lipinski definition) is 3. The van der Waals surface area contributed by atoms with E-state index in [2.05, 4.69) is 15.1 Å². The Morgan fingerprint density at radius 2 is 1.43 bits per heavy atom. The summed E-state index contributed by atoms with van der Waals surface area (Å²) in [6, 6.07) is 0. The van der Waals surface area contributed by atoms with Crippen LogP contribution in [0.2, 0.25) is 0 Å². The van der Waals surface area contributed by atoms with E-state index in [4.69, 9.17) is 0 Å². The maximum Gasteiger partial charge on any atom is 0.225 e. The van der Waals surface area contributed by atoms with E-state index < -0.39 is 0 Å². The van der Waals surface area contributed by atoms with Gasteiger partial charge in [-0.1, -0.05) is 34.1 Å². The fourth-order valence-electron chi connectivity index (χ4n) is 4.72. The van der Waals surface area contributed by atoms with E-state index >= 15 is 0 Å². The van der Waals surface area contributed by atoms with Gasteiger partial charge in [-0.2, -0.15) is 0 Å². The van der Waals surface area contributed by atoms with Gasteiger partial charge in [-0.25, -0.2) is 0 Å². The molecule has 1 amide bonds. The third-order valence-electron chi connectivity index (χ3n) is 6.53. The van der Waals surface area contributed by atoms with Crippen molar-refractivity contribution in [2.45, 2.75) is 79.6 Å². The molecule has 0 aromatic heterocycles. The molecule has 3 rings (SSSR count). The molecule has 30 heavy (non-hydrogen) atoms. The van der Waals surface area contributed by atoms with Gasteiger partial charge in [0.05, 0.1) is 0 Å². The first-order chi connectivity index (χ1) is 14.1. The summed E-state index contributed by atoms with van der Waals surface area (Å²) >= 11 is 0. The Morgan fingerprint density at radius 3 is 2.00 bits per heavy atom. The monoisotopic (exact) mass is 497 g/mol. The van der Waals surface area contributed by atoms with Crippen LogP contribution in [0.3, 0.4) is 0 Å². The van der Waals surface area contributed by atoms with E-state index in [1.807, 2.05) is 27.7 Å². The molecule has 2 heterocycles. The Morgan fingerprint density at radius 1 is 0.867 bits per heavy atom. The number of amides is 1. The van der Waals surface area contributed by atoms with E-state index in [9.17, 15) is 9.59 Å². The van der Waals surface area contributed by atoms with Crippen LogP contribution < -0.4 is 0 Å². The maximum atomic E-state index is 12.8. The summed E-state index contributed by atoms with van der Waals surface area (Å²) in [5.74, 6) is 1.57. The van der Waals surface area contributed by atoms with Crippen molar-refractivity contribution in [3.05, 3.63) is 5.32 Å². The molecule has 2 aliphatic heterocycles. The molecule has 173 valence electrons. The van der Waals surface area contributed by atoms with Gasteiger partial charge in [-0.15, -0.1) is 13.1 Å². The molecule has 1 saturated carbocycles. The van der Waals surface area contributed by atoms with Crippen molar-refractivity contribution >= 4 is 11.7 Å². The third-order valence-corrected chi connectivity index (χ3v) is 6.53. The van der Waals surface area contributed by atoms with Crippen LogP contribution in [0.5, 0.6) is 0 Å². The Labute approximate surface area is 211 Å². The van der Waals surface area contributed by atoms with E-state index in [0.717, 1.165) is 83.7 Å². The third kappa shape index (κ3) is 10.2. The quantitative estimate of drug-likeness (QED) is 0.551. The van der Waals surface area contributed by atoms with Crippen LogP contribution in [0, 0.1) is 17.8 Å². The van der Waals surface area contributed by atoms with Crippen LogP contribution in [-0.2, 0) is 42.3 Å². The Hall–Kier alpha value is 0.164. The minimum absolute atomic E-state index is 0. The average Bonchev–Trinajstić information content (AvgIpc) is 2.81. The first kappa shape index (κ1) is 30.2. The Kier molecular flexibility index (Phi) is 17.8. The molecule has 0 N–H and O–H groups in total. The molecule has 0 aromatic carbocycles. The first-order valence-corrected chi connectivity index (χ1v) is 12.3. The fraction of sp³-hybridized carbons (Fsp3) is 0.917. The summed E-state index contributed by atoms with van der Waals surface area (Å²) in [6.45, 7) is 16.9. The minimum atomic E-state index is 0. The average molecular weight is 498 g/mol. The Balaban J connectivity index is 0.00000159. The number of rotatable bonds is 5. The molecular weight excluding hydrogens is 451 g/mol. The van der Waals surface area contributed by atoms with Gasteiger partial charge in [0.15, 0.2) is 0 Å². The topological polar surface area (TPSA) is 54.7 Å². The van der Waals surface area contributed by atoms with Crippen molar-refractivity contribution in [1.29, 1.82) is 0 Å². The largest absolute Gasteiger partial charge is 0.660 e. The van der Waals surface area contributed by atoms with Crippen molar-refractivity contribution < 1.29 is 42.3 Å². The van der Waals surface area contributed by atoms with Gasteiger partial charge in [-0.3, -0.25) is 9.59 Å². The van der Waals surface area contributed by atoms with Crippen molar-refractivity contribution in [1.82, 2.24) is 9.80 Å². The predicted molar refractivity (Wildman–Crippen MR) is 122 cm³/mol. The normalized spacial score (nSPS) is 25.0. The minimum Gasteiger partial charge on any atom is -0.660 e. The summed E-state index contributed by atoms with van der Waals surface area (Å²) in [6.07, 6.45) is 7.32. The van der Waals surface area contributed by atoms with E-state index in [1.165, 1.54) is 13.0 Å². The Bertz CT molecular complexity index is 461. The van der Waals surface area contributed by atoms with Crippen LogP contribution in [0.15, 0.2) is 0 Å². The van der Waals surface area contributed by atoms with E-state index in [0.29, 0.717) is 5.91 Å². The first-order valence-electron chi connectivity index (χ1n) is 12.3. The SMILES string of the molecule is CC.CC.CC(=O)C1CCCC(C(=O)N2CCC(CCN3CC[N-]CC3)CC2)C1.[Y]. The summed E-state index contributed by atoms with van der Waals surface area (Å²) in [4.78, 5) is 29.1. The second-order valence-corrected chi connectivity index (χ2v) is 8.24. The summed E-state index contributed by atoms with van der Waals surface area (Å²) in [5.41, 5.74) is 0. The van der Waals surface area contributed by atoms with E-state index in [-0.39, 0.29) is 50.3 Å². The molecule has 2 unspecified atom stereocenters. The van der Waals surface area contributed by atoms with Gasteiger partial charge in [-0.05, 0) is 71.0 Å². The molecule has 2 saturated heterocycles. The van der Waals surface area contributed by atoms with Gasteiger partial charge >= 0.3 is 0 Å². The molecule has 1 aliphatic carbocycles. The second kappa shape index (κ2) is 17.7. The number of likely N-dealkylation sites (tertiary alicyclic amines) is 1. The molecule has 0 bridgehead atoms. The van der Waals surface area contributed by atoms with Crippen molar-refractivity contribution in [3.8, 4) is 0 Å². The number of hydrogen-bond donors (Lipinski definition) is 0. The van der Waals surface area contributed by atoms with Gasteiger partial charge < -0.3 is 15.1 Å². The zero-order chi connectivity index (χ0) is 21.6. The molecule has 3 aliphatic rings. The van der Waals surface area contributed by atoms with Crippen LogP contribution >= 0.6 is 0 Å². The van der Waals surface area contributed by atoms with Crippen LogP contribution in [-0.4, -0.2) is 67.3 Å². The fourth-order valence-corrected chi connectivity index (χ4v) is 4.72. The van der Waals surface area contributed by atoms with E-state index in [1.54, 1.807) is 6.92 Å². The molecular formula is C24H46N3O2Y-.